The number of imidazole rings is 1. The topological polar surface area (TPSA) is 43.6 Å². The van der Waals surface area contributed by atoms with Gasteiger partial charge < -0.3 is 4.74 Å². The van der Waals surface area contributed by atoms with Gasteiger partial charge in [-0.2, -0.15) is 0 Å². The molecule has 20 heavy (non-hydrogen) atoms. The summed E-state index contributed by atoms with van der Waals surface area (Å²) in [5.74, 6) is 0.380. The van der Waals surface area contributed by atoms with Crippen LogP contribution < -0.4 is 0 Å². The molecule has 2 aromatic heterocycles. The van der Waals surface area contributed by atoms with Crippen molar-refractivity contribution < 1.29 is 9.53 Å². The Morgan fingerprint density at radius 1 is 1.20 bits per heavy atom. The predicted octanol–water partition coefficient (Wildman–Crippen LogP) is 3.44. The van der Waals surface area contributed by atoms with Gasteiger partial charge in [0.2, 0.25) is 0 Å². The molecule has 2 heterocycles. The van der Waals surface area contributed by atoms with Gasteiger partial charge in [-0.1, -0.05) is 11.6 Å². The molecule has 0 saturated carbocycles. The Hall–Kier alpha value is -2.33. The molecule has 100 valence electrons. The van der Waals surface area contributed by atoms with E-state index < -0.39 is 0 Å². The van der Waals surface area contributed by atoms with Crippen LogP contribution in [-0.4, -0.2) is 22.5 Å². The molecule has 0 bridgehead atoms. The summed E-state index contributed by atoms with van der Waals surface area (Å²) in [7, 11) is 1.36. The number of carbonyl (C=O) groups excluding carboxylic acids is 1. The number of nitrogens with zero attached hydrogens (tertiary/aromatic N) is 2. The monoisotopic (exact) mass is 286 g/mol. The van der Waals surface area contributed by atoms with E-state index in [1.807, 2.05) is 34.7 Å². The van der Waals surface area contributed by atoms with Gasteiger partial charge in [-0.05, 0) is 36.4 Å². The fourth-order valence-corrected chi connectivity index (χ4v) is 2.17. The summed E-state index contributed by atoms with van der Waals surface area (Å²) in [6, 6.07) is 10.9. The maximum Gasteiger partial charge on any atom is 0.339 e. The molecular weight excluding hydrogens is 276 g/mol. The first-order valence-electron chi connectivity index (χ1n) is 6.00. The molecule has 0 fully saturated rings. The van der Waals surface area contributed by atoms with Gasteiger partial charge in [-0.25, -0.2) is 9.78 Å². The summed E-state index contributed by atoms with van der Waals surface area (Å²) in [6.45, 7) is 0. The third kappa shape index (κ3) is 2.14. The van der Waals surface area contributed by atoms with E-state index in [-0.39, 0.29) is 5.97 Å². The van der Waals surface area contributed by atoms with E-state index >= 15 is 0 Å². The first-order valence-corrected chi connectivity index (χ1v) is 6.38. The SMILES string of the molecule is COC(=O)c1ccc2cnc(-c3ccc(Cl)cc3)n2c1. The first-order chi connectivity index (χ1) is 9.69. The number of hydrogen-bond acceptors (Lipinski definition) is 3. The second-order valence-corrected chi connectivity index (χ2v) is 4.73. The number of aromatic nitrogens is 2. The average Bonchev–Trinajstić information content (AvgIpc) is 2.90. The van der Waals surface area contributed by atoms with E-state index in [1.165, 1.54) is 7.11 Å². The lowest BCUT2D eigenvalue weighted by molar-refractivity contribution is 0.0600. The van der Waals surface area contributed by atoms with E-state index in [0.717, 1.165) is 16.9 Å². The van der Waals surface area contributed by atoms with E-state index in [1.54, 1.807) is 18.5 Å². The number of fused-ring (bicyclic) bond motifs is 1. The Labute approximate surface area is 120 Å². The molecule has 0 N–H and O–H groups in total. The second-order valence-electron chi connectivity index (χ2n) is 4.29. The van der Waals surface area contributed by atoms with Crippen molar-refractivity contribution in [2.24, 2.45) is 0 Å². The molecule has 0 aliphatic rings. The van der Waals surface area contributed by atoms with Crippen LogP contribution in [-0.2, 0) is 4.74 Å². The third-order valence-electron chi connectivity index (χ3n) is 3.05. The Kier molecular flexibility index (Phi) is 3.16. The average molecular weight is 287 g/mol. The molecule has 0 atom stereocenters. The predicted molar refractivity (Wildman–Crippen MR) is 77.0 cm³/mol. The minimum Gasteiger partial charge on any atom is -0.465 e. The van der Waals surface area contributed by atoms with Gasteiger partial charge in [0, 0.05) is 16.8 Å². The molecule has 1 aromatic carbocycles. The first kappa shape index (κ1) is 12.7. The van der Waals surface area contributed by atoms with Crippen LogP contribution in [0.25, 0.3) is 16.9 Å². The minimum atomic E-state index is -0.373. The number of benzene rings is 1. The Morgan fingerprint density at radius 3 is 2.65 bits per heavy atom. The summed E-state index contributed by atoms with van der Waals surface area (Å²) in [5, 5.41) is 0.671. The Bertz CT molecular complexity index is 778. The molecule has 3 rings (SSSR count). The van der Waals surface area contributed by atoms with Crippen LogP contribution >= 0.6 is 11.6 Å². The van der Waals surface area contributed by atoms with E-state index in [4.69, 9.17) is 16.3 Å². The lowest BCUT2D eigenvalue weighted by atomic mass is 10.2. The van der Waals surface area contributed by atoms with Gasteiger partial charge in [0.15, 0.2) is 0 Å². The number of esters is 1. The fourth-order valence-electron chi connectivity index (χ4n) is 2.04. The van der Waals surface area contributed by atoms with Crippen molar-refractivity contribution in [2.45, 2.75) is 0 Å². The standard InChI is InChI=1S/C15H11ClN2O2/c1-20-15(19)11-4-7-13-8-17-14(18(13)9-11)10-2-5-12(16)6-3-10/h2-9H,1H3. The summed E-state index contributed by atoms with van der Waals surface area (Å²) in [6.07, 6.45) is 3.48. The lowest BCUT2D eigenvalue weighted by Gasteiger charge is -2.04. The third-order valence-corrected chi connectivity index (χ3v) is 3.30. The summed E-state index contributed by atoms with van der Waals surface area (Å²) in [5.41, 5.74) is 2.31. The zero-order valence-corrected chi connectivity index (χ0v) is 11.5. The van der Waals surface area contributed by atoms with Gasteiger partial charge in [0.25, 0.3) is 0 Å². The van der Waals surface area contributed by atoms with Crippen molar-refractivity contribution >= 4 is 23.1 Å². The Balaban J connectivity index is 2.16. The smallest absolute Gasteiger partial charge is 0.339 e. The van der Waals surface area contributed by atoms with Gasteiger partial charge in [-0.3, -0.25) is 4.40 Å². The highest BCUT2D eigenvalue weighted by atomic mass is 35.5. The number of ether oxygens (including phenoxy) is 1. The van der Waals surface area contributed by atoms with E-state index in [2.05, 4.69) is 4.98 Å². The number of pyridine rings is 1. The van der Waals surface area contributed by atoms with Crippen molar-refractivity contribution in [3.05, 3.63) is 59.4 Å². The number of methoxy groups -OCH3 is 1. The van der Waals surface area contributed by atoms with Crippen molar-refractivity contribution in [1.82, 2.24) is 9.38 Å². The van der Waals surface area contributed by atoms with E-state index in [9.17, 15) is 4.79 Å². The number of halogens is 1. The number of carbonyl (C=O) groups is 1. The highest BCUT2D eigenvalue weighted by Gasteiger charge is 2.10. The number of rotatable bonds is 2. The van der Waals surface area contributed by atoms with Crippen molar-refractivity contribution in [1.29, 1.82) is 0 Å². The molecule has 0 aliphatic heterocycles. The highest BCUT2D eigenvalue weighted by Crippen LogP contribution is 2.22. The zero-order chi connectivity index (χ0) is 14.1. The minimum absolute atomic E-state index is 0.373. The fraction of sp³-hybridized carbons (Fsp3) is 0.0667. The summed E-state index contributed by atoms with van der Waals surface area (Å²) < 4.78 is 6.59. The van der Waals surface area contributed by atoms with Crippen LogP contribution in [0.4, 0.5) is 0 Å². The quantitative estimate of drug-likeness (QED) is 0.678. The maximum absolute atomic E-state index is 11.6. The summed E-state index contributed by atoms with van der Waals surface area (Å²) >= 11 is 5.89. The highest BCUT2D eigenvalue weighted by molar-refractivity contribution is 6.30. The lowest BCUT2D eigenvalue weighted by Crippen LogP contribution is -2.03. The molecule has 0 spiro atoms. The number of hydrogen-bond donors (Lipinski definition) is 0. The van der Waals surface area contributed by atoms with Crippen LogP contribution in [0.1, 0.15) is 10.4 Å². The van der Waals surface area contributed by atoms with Gasteiger partial charge in [0.05, 0.1) is 24.4 Å². The second kappa shape index (κ2) is 4.98. The van der Waals surface area contributed by atoms with Crippen molar-refractivity contribution in [3.63, 3.8) is 0 Å². The van der Waals surface area contributed by atoms with Crippen molar-refractivity contribution in [2.75, 3.05) is 7.11 Å². The van der Waals surface area contributed by atoms with Crippen LogP contribution in [0.15, 0.2) is 48.8 Å². The van der Waals surface area contributed by atoms with Gasteiger partial charge in [-0.15, -0.1) is 0 Å². The van der Waals surface area contributed by atoms with Gasteiger partial charge in [0.1, 0.15) is 5.82 Å². The largest absolute Gasteiger partial charge is 0.465 e. The van der Waals surface area contributed by atoms with E-state index in [0.29, 0.717) is 10.6 Å². The molecule has 0 amide bonds. The Morgan fingerprint density at radius 2 is 1.95 bits per heavy atom. The van der Waals surface area contributed by atoms with Crippen LogP contribution in [0.5, 0.6) is 0 Å². The van der Waals surface area contributed by atoms with Crippen LogP contribution in [0, 0.1) is 0 Å². The molecule has 4 nitrogen and oxygen atoms in total. The molecule has 0 saturated heterocycles. The zero-order valence-electron chi connectivity index (χ0n) is 10.7. The van der Waals surface area contributed by atoms with Gasteiger partial charge >= 0.3 is 5.97 Å². The van der Waals surface area contributed by atoms with Crippen molar-refractivity contribution in [3.8, 4) is 11.4 Å². The molecule has 0 unspecified atom stereocenters. The van der Waals surface area contributed by atoms with Crippen LogP contribution in [0.2, 0.25) is 5.02 Å². The van der Waals surface area contributed by atoms with Crippen LogP contribution in [0.3, 0.4) is 0 Å². The normalized spacial score (nSPS) is 10.7. The molecule has 0 radical (unpaired) electrons. The summed E-state index contributed by atoms with van der Waals surface area (Å²) in [4.78, 5) is 16.0. The molecule has 3 aromatic rings. The maximum atomic E-state index is 11.6. The molecule has 5 heteroatoms. The molecular formula is C15H11ClN2O2. The molecule has 0 aliphatic carbocycles.